The molecule has 2 aromatic heterocycles. The van der Waals surface area contributed by atoms with Crippen molar-refractivity contribution < 1.29 is 14.0 Å². The van der Waals surface area contributed by atoms with Crippen molar-refractivity contribution >= 4 is 23.2 Å². The Morgan fingerprint density at radius 1 is 1.22 bits per heavy atom. The molecule has 0 aromatic carbocycles. The molecule has 2 N–H and O–H groups in total. The maximum absolute atomic E-state index is 12.4. The number of carbonyl (C=O) groups excluding carboxylic acids is 2. The molecule has 0 fully saturated rings. The van der Waals surface area contributed by atoms with E-state index in [4.69, 9.17) is 4.42 Å². The van der Waals surface area contributed by atoms with Crippen LogP contribution in [0.1, 0.15) is 48.5 Å². The minimum absolute atomic E-state index is 0.0317. The monoisotopic (exact) mass is 334 g/mol. The SMILES string of the molecule is CC(C)C[C@@H](NC(=O)[C@H](C)NC(=O)c1ccoc1)c1cccs1. The lowest BCUT2D eigenvalue weighted by Crippen LogP contribution is -2.45. The van der Waals surface area contributed by atoms with E-state index >= 15 is 0 Å². The number of nitrogens with one attached hydrogen (secondary N) is 2. The molecule has 0 bridgehead atoms. The molecule has 2 heterocycles. The first kappa shape index (κ1) is 17.3. The zero-order valence-corrected chi connectivity index (χ0v) is 14.4. The Labute approximate surface area is 140 Å². The van der Waals surface area contributed by atoms with Crippen molar-refractivity contribution in [2.75, 3.05) is 0 Å². The van der Waals surface area contributed by atoms with Crippen LogP contribution in [-0.4, -0.2) is 17.9 Å². The predicted molar refractivity (Wildman–Crippen MR) is 90.3 cm³/mol. The largest absolute Gasteiger partial charge is 0.472 e. The van der Waals surface area contributed by atoms with E-state index < -0.39 is 6.04 Å². The quantitative estimate of drug-likeness (QED) is 0.815. The second kappa shape index (κ2) is 7.97. The highest BCUT2D eigenvalue weighted by atomic mass is 32.1. The number of hydrogen-bond donors (Lipinski definition) is 2. The van der Waals surface area contributed by atoms with Gasteiger partial charge in [0.1, 0.15) is 12.3 Å². The highest BCUT2D eigenvalue weighted by Crippen LogP contribution is 2.25. The van der Waals surface area contributed by atoms with E-state index in [2.05, 4.69) is 24.5 Å². The molecular formula is C17H22N2O3S. The Bertz CT molecular complexity index is 620. The summed E-state index contributed by atoms with van der Waals surface area (Å²) in [5, 5.41) is 7.71. The maximum Gasteiger partial charge on any atom is 0.255 e. The standard InChI is InChI=1S/C17H22N2O3S/c1-11(2)9-14(15-5-4-8-23-15)19-16(20)12(3)18-17(21)13-6-7-22-10-13/h4-8,10-12,14H,9H2,1-3H3,(H,18,21)(H,19,20)/t12-,14+/m0/s1. The molecule has 0 aliphatic heterocycles. The van der Waals surface area contributed by atoms with Crippen molar-refractivity contribution in [1.29, 1.82) is 0 Å². The fraction of sp³-hybridized carbons (Fsp3) is 0.412. The second-order valence-electron chi connectivity index (χ2n) is 5.91. The van der Waals surface area contributed by atoms with E-state index in [1.54, 1.807) is 24.3 Å². The fourth-order valence-corrected chi connectivity index (χ4v) is 3.03. The molecule has 2 atom stereocenters. The number of amides is 2. The van der Waals surface area contributed by atoms with Crippen LogP contribution in [0, 0.1) is 5.92 Å². The zero-order valence-electron chi connectivity index (χ0n) is 13.5. The summed E-state index contributed by atoms with van der Waals surface area (Å²) in [6, 6.07) is 4.91. The van der Waals surface area contributed by atoms with E-state index in [0.29, 0.717) is 11.5 Å². The Morgan fingerprint density at radius 2 is 2.00 bits per heavy atom. The number of carbonyl (C=O) groups is 2. The highest BCUT2D eigenvalue weighted by molar-refractivity contribution is 7.10. The van der Waals surface area contributed by atoms with Gasteiger partial charge in [-0.1, -0.05) is 19.9 Å². The minimum atomic E-state index is -0.618. The summed E-state index contributed by atoms with van der Waals surface area (Å²) < 4.78 is 4.87. The van der Waals surface area contributed by atoms with Crippen LogP contribution in [0.25, 0.3) is 0 Å². The molecule has 0 saturated carbocycles. The molecule has 0 aliphatic carbocycles. The maximum atomic E-state index is 12.4. The van der Waals surface area contributed by atoms with E-state index in [-0.39, 0.29) is 17.9 Å². The Hall–Kier alpha value is -2.08. The summed E-state index contributed by atoms with van der Waals surface area (Å²) in [5.41, 5.74) is 0.404. The molecule has 0 radical (unpaired) electrons. The molecule has 0 saturated heterocycles. The molecule has 124 valence electrons. The number of thiophene rings is 1. The average molecular weight is 334 g/mol. The van der Waals surface area contributed by atoms with Gasteiger partial charge in [-0.05, 0) is 36.8 Å². The molecule has 2 aromatic rings. The molecular weight excluding hydrogens is 312 g/mol. The summed E-state index contributed by atoms with van der Waals surface area (Å²) in [5.74, 6) is -0.0583. The number of hydrogen-bond acceptors (Lipinski definition) is 4. The summed E-state index contributed by atoms with van der Waals surface area (Å²) in [6.07, 6.45) is 3.64. The third kappa shape index (κ3) is 4.96. The van der Waals surface area contributed by atoms with Gasteiger partial charge in [-0.15, -0.1) is 11.3 Å². The third-order valence-electron chi connectivity index (χ3n) is 3.43. The summed E-state index contributed by atoms with van der Waals surface area (Å²) >= 11 is 1.62. The van der Waals surface area contributed by atoms with Crippen molar-refractivity contribution in [3.63, 3.8) is 0 Å². The van der Waals surface area contributed by atoms with Crippen LogP contribution in [0.4, 0.5) is 0 Å². The highest BCUT2D eigenvalue weighted by Gasteiger charge is 2.22. The van der Waals surface area contributed by atoms with Crippen LogP contribution >= 0.6 is 11.3 Å². The number of rotatable bonds is 7. The molecule has 0 unspecified atom stereocenters. The minimum Gasteiger partial charge on any atom is -0.472 e. The van der Waals surface area contributed by atoms with Gasteiger partial charge in [0.25, 0.3) is 5.91 Å². The van der Waals surface area contributed by atoms with Gasteiger partial charge < -0.3 is 15.1 Å². The third-order valence-corrected chi connectivity index (χ3v) is 4.42. The van der Waals surface area contributed by atoms with Crippen LogP contribution in [0.2, 0.25) is 0 Å². The molecule has 23 heavy (non-hydrogen) atoms. The molecule has 6 heteroatoms. The van der Waals surface area contributed by atoms with Crippen molar-refractivity contribution in [3.8, 4) is 0 Å². The fourth-order valence-electron chi connectivity index (χ4n) is 2.24. The first-order valence-corrected chi connectivity index (χ1v) is 8.52. The lowest BCUT2D eigenvalue weighted by Gasteiger charge is -2.22. The zero-order chi connectivity index (χ0) is 16.8. The van der Waals surface area contributed by atoms with Crippen LogP contribution in [0.5, 0.6) is 0 Å². The first-order chi connectivity index (χ1) is 11.0. The van der Waals surface area contributed by atoms with E-state index in [9.17, 15) is 9.59 Å². The average Bonchev–Trinajstić information content (AvgIpc) is 3.19. The topological polar surface area (TPSA) is 71.3 Å². The van der Waals surface area contributed by atoms with Crippen molar-refractivity contribution in [2.45, 2.75) is 39.3 Å². The van der Waals surface area contributed by atoms with Gasteiger partial charge >= 0.3 is 0 Å². The Morgan fingerprint density at radius 3 is 2.57 bits per heavy atom. The van der Waals surface area contributed by atoms with Crippen LogP contribution in [0.3, 0.4) is 0 Å². The number of furan rings is 1. The Balaban J connectivity index is 1.96. The van der Waals surface area contributed by atoms with Crippen molar-refractivity contribution in [2.24, 2.45) is 5.92 Å². The summed E-state index contributed by atoms with van der Waals surface area (Å²) in [4.78, 5) is 25.5. The van der Waals surface area contributed by atoms with Gasteiger partial charge in [0.15, 0.2) is 0 Å². The lowest BCUT2D eigenvalue weighted by atomic mass is 10.0. The normalized spacial score (nSPS) is 13.6. The molecule has 0 aliphatic rings. The van der Waals surface area contributed by atoms with E-state index in [0.717, 1.165) is 11.3 Å². The predicted octanol–water partition coefficient (Wildman–Crippen LogP) is 3.36. The van der Waals surface area contributed by atoms with Gasteiger partial charge in [0.05, 0.1) is 17.9 Å². The molecule has 2 amide bonds. The van der Waals surface area contributed by atoms with Gasteiger partial charge in [-0.3, -0.25) is 9.59 Å². The summed E-state index contributed by atoms with van der Waals surface area (Å²) in [7, 11) is 0. The summed E-state index contributed by atoms with van der Waals surface area (Å²) in [6.45, 7) is 5.92. The molecule has 5 nitrogen and oxygen atoms in total. The van der Waals surface area contributed by atoms with Gasteiger partial charge in [0, 0.05) is 4.88 Å². The molecule has 2 rings (SSSR count). The molecule has 0 spiro atoms. The first-order valence-electron chi connectivity index (χ1n) is 7.64. The Kier molecular flexibility index (Phi) is 5.98. The van der Waals surface area contributed by atoms with Gasteiger partial charge in [-0.25, -0.2) is 0 Å². The van der Waals surface area contributed by atoms with E-state index in [1.807, 2.05) is 17.5 Å². The smallest absolute Gasteiger partial charge is 0.255 e. The van der Waals surface area contributed by atoms with Crippen LogP contribution in [-0.2, 0) is 4.79 Å². The second-order valence-corrected chi connectivity index (χ2v) is 6.89. The van der Waals surface area contributed by atoms with E-state index in [1.165, 1.54) is 12.5 Å². The van der Waals surface area contributed by atoms with Crippen molar-refractivity contribution in [3.05, 3.63) is 46.5 Å². The van der Waals surface area contributed by atoms with Crippen molar-refractivity contribution in [1.82, 2.24) is 10.6 Å². The van der Waals surface area contributed by atoms with Crippen LogP contribution < -0.4 is 10.6 Å². The van der Waals surface area contributed by atoms with Gasteiger partial charge in [-0.2, -0.15) is 0 Å². The lowest BCUT2D eigenvalue weighted by molar-refractivity contribution is -0.123. The van der Waals surface area contributed by atoms with Crippen LogP contribution in [0.15, 0.2) is 40.5 Å². The van der Waals surface area contributed by atoms with Gasteiger partial charge in [0.2, 0.25) is 5.91 Å².